The number of likely N-dealkylation sites (tertiary alicyclic amines) is 1. The molecule has 1 aliphatic rings. The van der Waals surface area contributed by atoms with E-state index in [1.54, 1.807) is 0 Å². The Morgan fingerprint density at radius 3 is 2.33 bits per heavy atom. The van der Waals surface area contributed by atoms with Gasteiger partial charge in [0.25, 0.3) is 0 Å². The minimum Gasteiger partial charge on any atom is -0.290 e. The van der Waals surface area contributed by atoms with Crippen LogP contribution in [0.4, 0.5) is 0 Å². The fourth-order valence-corrected chi connectivity index (χ4v) is 1.52. The molecule has 2 radical (unpaired) electrons. The van der Waals surface area contributed by atoms with E-state index in [2.05, 4.69) is 35.7 Å². The number of nitrogens with zero attached hydrogens (tertiary/aromatic N) is 1. The third-order valence-corrected chi connectivity index (χ3v) is 2.17. The van der Waals surface area contributed by atoms with Crippen molar-refractivity contribution in [3.05, 3.63) is 42.4 Å². The number of benzene rings is 1. The molecule has 62 valence electrons. The summed E-state index contributed by atoms with van der Waals surface area (Å²) in [6.07, 6.45) is 2.64. The van der Waals surface area contributed by atoms with Crippen molar-refractivity contribution in [1.82, 2.24) is 4.90 Å². The Morgan fingerprint density at radius 2 is 1.67 bits per heavy atom. The lowest BCUT2D eigenvalue weighted by Crippen LogP contribution is -2.15. The van der Waals surface area contributed by atoms with Gasteiger partial charge in [0.15, 0.2) is 0 Å². The first kappa shape index (κ1) is 7.81. The molecule has 0 amide bonds. The minimum absolute atomic E-state index is 1.18. The van der Waals surface area contributed by atoms with Gasteiger partial charge in [0, 0.05) is 0 Å². The molecular weight excluding hydrogens is 146 g/mol. The molecule has 1 aromatic carbocycles. The zero-order chi connectivity index (χ0) is 8.23. The minimum atomic E-state index is 1.18. The van der Waals surface area contributed by atoms with Crippen molar-refractivity contribution in [1.29, 1.82) is 0 Å². The largest absolute Gasteiger partial charge is 0.290 e. The molecule has 1 aliphatic heterocycles. The van der Waals surface area contributed by atoms with Crippen molar-refractivity contribution in [2.24, 2.45) is 0 Å². The van der Waals surface area contributed by atoms with Crippen LogP contribution in [0.25, 0.3) is 0 Å². The van der Waals surface area contributed by atoms with Crippen LogP contribution in [-0.2, 0) is 0 Å². The molecule has 1 heteroatoms. The molecule has 12 heavy (non-hydrogen) atoms. The van der Waals surface area contributed by atoms with E-state index in [9.17, 15) is 0 Å². The van der Waals surface area contributed by atoms with Crippen LogP contribution in [0, 0.1) is 6.54 Å². The lowest BCUT2D eigenvalue weighted by atomic mass is 10.2. The summed E-state index contributed by atoms with van der Waals surface area (Å²) in [5.41, 5.74) is 1.19. The molecule has 0 spiro atoms. The van der Waals surface area contributed by atoms with E-state index in [1.165, 1.54) is 31.5 Å². The Kier molecular flexibility index (Phi) is 2.42. The highest BCUT2D eigenvalue weighted by Crippen LogP contribution is 2.13. The summed E-state index contributed by atoms with van der Waals surface area (Å²) in [4.78, 5) is 2.27. The summed E-state index contributed by atoms with van der Waals surface area (Å²) in [7, 11) is 0. The van der Waals surface area contributed by atoms with Crippen LogP contribution in [0.15, 0.2) is 30.3 Å². The van der Waals surface area contributed by atoms with E-state index in [-0.39, 0.29) is 0 Å². The molecule has 0 N–H and O–H groups in total. The summed E-state index contributed by atoms with van der Waals surface area (Å²) in [6, 6.07) is 10.3. The maximum absolute atomic E-state index is 3.37. The van der Waals surface area contributed by atoms with Gasteiger partial charge in [-0.2, -0.15) is 0 Å². The third-order valence-electron chi connectivity index (χ3n) is 2.17. The average molecular weight is 159 g/mol. The smallest absolute Gasteiger partial charge is 0.0963 e. The van der Waals surface area contributed by atoms with Crippen molar-refractivity contribution in [2.45, 2.75) is 12.8 Å². The molecule has 0 saturated carbocycles. The van der Waals surface area contributed by atoms with Gasteiger partial charge in [0.1, 0.15) is 0 Å². The summed E-state index contributed by atoms with van der Waals surface area (Å²) in [5, 5.41) is 0. The van der Waals surface area contributed by atoms with Gasteiger partial charge in [-0.1, -0.05) is 30.3 Å². The van der Waals surface area contributed by atoms with Gasteiger partial charge < -0.3 is 0 Å². The maximum Gasteiger partial charge on any atom is 0.0963 e. The molecule has 2 rings (SSSR count). The summed E-state index contributed by atoms with van der Waals surface area (Å²) in [6.45, 7) is 5.73. The fourth-order valence-electron chi connectivity index (χ4n) is 1.52. The molecular formula is C11H13N. The predicted octanol–water partition coefficient (Wildman–Crippen LogP) is 2.17. The molecule has 0 bridgehead atoms. The van der Waals surface area contributed by atoms with Gasteiger partial charge >= 0.3 is 0 Å². The van der Waals surface area contributed by atoms with Crippen LogP contribution in [0.2, 0.25) is 0 Å². The first-order valence-electron chi connectivity index (χ1n) is 4.52. The number of hydrogen-bond donors (Lipinski definition) is 0. The highest BCUT2D eigenvalue weighted by molar-refractivity contribution is 5.21. The average Bonchev–Trinajstić information content (AvgIpc) is 2.59. The second kappa shape index (κ2) is 3.72. The van der Waals surface area contributed by atoms with Gasteiger partial charge in [-0.15, -0.1) is 0 Å². The fraction of sp³-hybridized carbons (Fsp3) is 0.364. The Hall–Kier alpha value is -0.820. The first-order valence-corrected chi connectivity index (χ1v) is 4.52. The summed E-state index contributed by atoms with van der Waals surface area (Å²) < 4.78 is 0. The zero-order valence-electron chi connectivity index (χ0n) is 7.16. The van der Waals surface area contributed by atoms with Gasteiger partial charge in [-0.25, -0.2) is 0 Å². The van der Waals surface area contributed by atoms with Crippen LogP contribution in [0.5, 0.6) is 0 Å². The van der Waals surface area contributed by atoms with E-state index < -0.39 is 0 Å². The predicted molar refractivity (Wildman–Crippen MR) is 49.6 cm³/mol. The first-order chi connectivity index (χ1) is 5.95. The van der Waals surface area contributed by atoms with Crippen molar-refractivity contribution in [3.8, 4) is 0 Å². The quantitative estimate of drug-likeness (QED) is 0.639. The molecule has 1 aromatic rings. The molecule has 0 atom stereocenters. The Morgan fingerprint density at radius 1 is 1.00 bits per heavy atom. The van der Waals surface area contributed by atoms with Crippen molar-refractivity contribution >= 4 is 0 Å². The maximum atomic E-state index is 3.37. The Bertz CT molecular complexity index is 224. The van der Waals surface area contributed by atoms with E-state index in [0.717, 1.165) is 0 Å². The van der Waals surface area contributed by atoms with Gasteiger partial charge in [-0.3, -0.25) is 4.90 Å². The standard InChI is InChI=1S/C11H13N/c1-2-6-11(7-3-1)10-12-8-4-5-9-12/h1-3,6-7H,4-5,8-9H2. The van der Waals surface area contributed by atoms with E-state index >= 15 is 0 Å². The molecule has 0 aliphatic carbocycles. The van der Waals surface area contributed by atoms with E-state index in [0.29, 0.717) is 0 Å². The number of rotatable bonds is 2. The van der Waals surface area contributed by atoms with Crippen LogP contribution in [0.3, 0.4) is 0 Å². The molecule has 1 fully saturated rings. The summed E-state index contributed by atoms with van der Waals surface area (Å²) >= 11 is 0. The van der Waals surface area contributed by atoms with Crippen LogP contribution in [0.1, 0.15) is 18.4 Å². The molecule has 1 nitrogen and oxygen atoms in total. The van der Waals surface area contributed by atoms with Crippen LogP contribution < -0.4 is 0 Å². The second-order valence-corrected chi connectivity index (χ2v) is 3.17. The Labute approximate surface area is 74.0 Å². The highest BCUT2D eigenvalue weighted by Gasteiger charge is 2.11. The molecule has 1 heterocycles. The van der Waals surface area contributed by atoms with E-state index in [1.807, 2.05) is 6.07 Å². The van der Waals surface area contributed by atoms with Gasteiger partial charge in [0.2, 0.25) is 0 Å². The van der Waals surface area contributed by atoms with Crippen molar-refractivity contribution in [2.75, 3.05) is 13.1 Å². The van der Waals surface area contributed by atoms with Crippen LogP contribution >= 0.6 is 0 Å². The van der Waals surface area contributed by atoms with E-state index in [4.69, 9.17) is 0 Å². The molecule has 0 unspecified atom stereocenters. The SMILES string of the molecule is [C](c1ccccc1)N1CCCC1. The monoisotopic (exact) mass is 159 g/mol. The zero-order valence-corrected chi connectivity index (χ0v) is 7.16. The van der Waals surface area contributed by atoms with Crippen LogP contribution in [-0.4, -0.2) is 18.0 Å². The third kappa shape index (κ3) is 1.86. The molecule has 1 saturated heterocycles. The summed E-state index contributed by atoms with van der Waals surface area (Å²) in [5.74, 6) is 0. The van der Waals surface area contributed by atoms with Crippen molar-refractivity contribution in [3.63, 3.8) is 0 Å². The topological polar surface area (TPSA) is 3.24 Å². The van der Waals surface area contributed by atoms with Crippen molar-refractivity contribution < 1.29 is 0 Å². The number of hydrogen-bond acceptors (Lipinski definition) is 1. The Balaban J connectivity index is 1.94. The van der Waals surface area contributed by atoms with Gasteiger partial charge in [0.05, 0.1) is 6.54 Å². The lowest BCUT2D eigenvalue weighted by Gasteiger charge is -2.11. The second-order valence-electron chi connectivity index (χ2n) is 3.17. The normalized spacial score (nSPS) is 18.3. The lowest BCUT2D eigenvalue weighted by molar-refractivity contribution is 0.428. The molecule has 0 aromatic heterocycles. The van der Waals surface area contributed by atoms with Gasteiger partial charge in [-0.05, 0) is 31.5 Å². The highest BCUT2D eigenvalue weighted by atomic mass is 15.1.